The van der Waals surface area contributed by atoms with Crippen LogP contribution in [-0.4, -0.2) is 23.1 Å². The maximum Gasteiger partial charge on any atom is 0.410 e. The third-order valence-electron chi connectivity index (χ3n) is 3.18. The largest absolute Gasteiger partial charge is 0.444 e. The van der Waals surface area contributed by atoms with Gasteiger partial charge >= 0.3 is 6.09 Å². The minimum Gasteiger partial charge on any atom is -0.444 e. The summed E-state index contributed by atoms with van der Waals surface area (Å²) in [4.78, 5) is 16.8. The fraction of sp³-hybridized carbons (Fsp3) is 0.688. The van der Waals surface area contributed by atoms with Crippen LogP contribution in [0.25, 0.3) is 0 Å². The number of thiophene rings is 1. The van der Waals surface area contributed by atoms with E-state index in [0.717, 1.165) is 19.4 Å². The number of carbonyl (C=O) groups is 1. The van der Waals surface area contributed by atoms with Crippen LogP contribution < -0.4 is 0 Å². The predicted molar refractivity (Wildman–Crippen MR) is 83.2 cm³/mol. The second kappa shape index (κ2) is 5.76. The molecule has 0 atom stereocenters. The fourth-order valence-electron chi connectivity index (χ4n) is 2.38. The molecule has 2 heterocycles. The van der Waals surface area contributed by atoms with Gasteiger partial charge in [-0.2, -0.15) is 0 Å². The summed E-state index contributed by atoms with van der Waals surface area (Å²) in [5.41, 5.74) is 0.886. The molecule has 0 spiro atoms. The quantitative estimate of drug-likeness (QED) is 0.816. The number of fused-ring (bicyclic) bond motifs is 1. The van der Waals surface area contributed by atoms with Crippen molar-refractivity contribution in [2.75, 3.05) is 6.54 Å². The average molecular weight is 295 g/mol. The Bertz CT molecular complexity index is 485. The molecule has 0 N–H and O–H groups in total. The molecule has 0 saturated carbocycles. The SMILES string of the molecule is CC(C)Cc1cc2c(s1)CCN(C(=O)OC(C)(C)C)C2. The van der Waals surface area contributed by atoms with Gasteiger partial charge in [-0.05, 0) is 51.2 Å². The van der Waals surface area contributed by atoms with Crippen molar-refractivity contribution in [1.29, 1.82) is 0 Å². The second-order valence-corrected chi connectivity index (χ2v) is 8.13. The molecule has 0 saturated heterocycles. The van der Waals surface area contributed by atoms with Gasteiger partial charge in [0.25, 0.3) is 0 Å². The lowest BCUT2D eigenvalue weighted by Gasteiger charge is -2.29. The Kier molecular flexibility index (Phi) is 4.43. The minimum atomic E-state index is -0.422. The Hall–Kier alpha value is -1.03. The monoisotopic (exact) mass is 295 g/mol. The molecule has 112 valence electrons. The minimum absolute atomic E-state index is 0.195. The van der Waals surface area contributed by atoms with Crippen LogP contribution in [0, 0.1) is 5.92 Å². The van der Waals surface area contributed by atoms with Crippen LogP contribution in [0.4, 0.5) is 4.79 Å². The van der Waals surface area contributed by atoms with Crippen LogP contribution in [0.1, 0.15) is 49.9 Å². The molecular formula is C16H25NO2S. The second-order valence-electron chi connectivity index (χ2n) is 6.91. The number of hydrogen-bond donors (Lipinski definition) is 0. The zero-order valence-electron chi connectivity index (χ0n) is 13.2. The van der Waals surface area contributed by atoms with E-state index in [1.165, 1.54) is 15.3 Å². The van der Waals surface area contributed by atoms with Crippen LogP contribution in [-0.2, 0) is 24.1 Å². The Labute approximate surface area is 125 Å². The third kappa shape index (κ3) is 3.98. The van der Waals surface area contributed by atoms with Crippen molar-refractivity contribution in [2.24, 2.45) is 5.92 Å². The van der Waals surface area contributed by atoms with Crippen LogP contribution in [0.3, 0.4) is 0 Å². The molecule has 1 aliphatic heterocycles. The standard InChI is InChI=1S/C16H25NO2S/c1-11(2)8-13-9-12-10-17(7-6-14(12)20-13)15(18)19-16(3,4)5/h9,11H,6-8,10H2,1-5H3. The first kappa shape index (κ1) is 15.4. The summed E-state index contributed by atoms with van der Waals surface area (Å²) in [6.45, 7) is 11.7. The first-order valence-corrected chi connectivity index (χ1v) is 8.14. The van der Waals surface area contributed by atoms with E-state index in [4.69, 9.17) is 4.74 Å². The summed E-state index contributed by atoms with van der Waals surface area (Å²) in [6.07, 6.45) is 1.89. The topological polar surface area (TPSA) is 29.5 Å². The van der Waals surface area contributed by atoms with Crippen molar-refractivity contribution in [1.82, 2.24) is 4.90 Å². The van der Waals surface area contributed by atoms with Crippen molar-refractivity contribution >= 4 is 17.4 Å². The summed E-state index contributed by atoms with van der Waals surface area (Å²) in [6, 6.07) is 2.27. The summed E-state index contributed by atoms with van der Waals surface area (Å²) >= 11 is 1.91. The van der Waals surface area contributed by atoms with Crippen molar-refractivity contribution in [3.63, 3.8) is 0 Å². The summed E-state index contributed by atoms with van der Waals surface area (Å²) < 4.78 is 5.45. The lowest BCUT2D eigenvalue weighted by atomic mass is 10.1. The molecule has 1 aliphatic rings. The number of ether oxygens (including phenoxy) is 1. The molecule has 0 bridgehead atoms. The Balaban J connectivity index is 2.03. The number of nitrogens with zero attached hydrogens (tertiary/aromatic N) is 1. The smallest absolute Gasteiger partial charge is 0.410 e. The maximum absolute atomic E-state index is 12.1. The molecule has 4 heteroatoms. The van der Waals surface area contributed by atoms with E-state index in [2.05, 4.69) is 19.9 Å². The van der Waals surface area contributed by atoms with E-state index in [9.17, 15) is 4.79 Å². The molecule has 2 rings (SSSR count). The fourth-order valence-corrected chi connectivity index (χ4v) is 3.76. The normalized spacial score (nSPS) is 15.4. The van der Waals surface area contributed by atoms with Gasteiger partial charge in [0, 0.05) is 16.3 Å². The van der Waals surface area contributed by atoms with Gasteiger partial charge in [-0.15, -0.1) is 11.3 Å². The molecule has 0 radical (unpaired) electrons. The molecular weight excluding hydrogens is 270 g/mol. The van der Waals surface area contributed by atoms with E-state index in [1.807, 2.05) is 37.0 Å². The van der Waals surface area contributed by atoms with Crippen LogP contribution in [0.5, 0.6) is 0 Å². The van der Waals surface area contributed by atoms with E-state index >= 15 is 0 Å². The summed E-state index contributed by atoms with van der Waals surface area (Å²) in [5, 5.41) is 0. The lowest BCUT2D eigenvalue weighted by molar-refractivity contribution is 0.0225. The molecule has 0 fully saturated rings. The highest BCUT2D eigenvalue weighted by Crippen LogP contribution is 2.30. The van der Waals surface area contributed by atoms with Crippen molar-refractivity contribution in [2.45, 2.75) is 59.6 Å². The van der Waals surface area contributed by atoms with Gasteiger partial charge in [0.2, 0.25) is 0 Å². The average Bonchev–Trinajstić information content (AvgIpc) is 2.66. The first-order valence-electron chi connectivity index (χ1n) is 7.33. The Morgan fingerprint density at radius 2 is 2.15 bits per heavy atom. The van der Waals surface area contributed by atoms with Crippen LogP contribution in [0.2, 0.25) is 0 Å². The highest BCUT2D eigenvalue weighted by atomic mass is 32.1. The summed E-state index contributed by atoms with van der Waals surface area (Å²) in [5.74, 6) is 0.678. The number of amides is 1. The van der Waals surface area contributed by atoms with E-state index in [0.29, 0.717) is 12.5 Å². The van der Waals surface area contributed by atoms with Crippen LogP contribution in [0.15, 0.2) is 6.07 Å². The zero-order chi connectivity index (χ0) is 14.9. The predicted octanol–water partition coefficient (Wildman–Crippen LogP) is 4.24. The van der Waals surface area contributed by atoms with Crippen LogP contribution >= 0.6 is 11.3 Å². The Morgan fingerprint density at radius 1 is 1.45 bits per heavy atom. The van der Waals surface area contributed by atoms with Gasteiger partial charge in [-0.3, -0.25) is 0 Å². The number of hydrogen-bond acceptors (Lipinski definition) is 3. The lowest BCUT2D eigenvalue weighted by Crippen LogP contribution is -2.39. The highest BCUT2D eigenvalue weighted by Gasteiger charge is 2.26. The van der Waals surface area contributed by atoms with Gasteiger partial charge in [0.15, 0.2) is 0 Å². The molecule has 3 nitrogen and oxygen atoms in total. The molecule has 1 amide bonds. The third-order valence-corrected chi connectivity index (χ3v) is 4.44. The van der Waals surface area contributed by atoms with Gasteiger partial charge < -0.3 is 9.64 Å². The zero-order valence-corrected chi connectivity index (χ0v) is 14.0. The van der Waals surface area contributed by atoms with Gasteiger partial charge in [0.1, 0.15) is 5.60 Å². The van der Waals surface area contributed by atoms with Crippen molar-refractivity contribution in [3.8, 4) is 0 Å². The molecule has 0 aliphatic carbocycles. The van der Waals surface area contributed by atoms with E-state index in [-0.39, 0.29) is 6.09 Å². The Morgan fingerprint density at radius 3 is 2.75 bits per heavy atom. The van der Waals surface area contributed by atoms with Crippen molar-refractivity contribution in [3.05, 3.63) is 21.4 Å². The highest BCUT2D eigenvalue weighted by molar-refractivity contribution is 7.12. The van der Waals surface area contributed by atoms with Crippen molar-refractivity contribution < 1.29 is 9.53 Å². The molecule has 1 aromatic rings. The van der Waals surface area contributed by atoms with Gasteiger partial charge in [0.05, 0.1) is 6.54 Å². The van der Waals surface area contributed by atoms with Gasteiger partial charge in [-0.25, -0.2) is 4.79 Å². The molecule has 0 aromatic carbocycles. The summed E-state index contributed by atoms with van der Waals surface area (Å²) in [7, 11) is 0. The van der Waals surface area contributed by atoms with E-state index < -0.39 is 5.60 Å². The van der Waals surface area contributed by atoms with Gasteiger partial charge in [-0.1, -0.05) is 13.8 Å². The molecule has 0 unspecified atom stereocenters. The molecule has 1 aromatic heterocycles. The molecule has 20 heavy (non-hydrogen) atoms. The number of carbonyl (C=O) groups excluding carboxylic acids is 1. The first-order chi connectivity index (χ1) is 9.24. The van der Waals surface area contributed by atoms with E-state index in [1.54, 1.807) is 0 Å². The number of rotatable bonds is 2. The maximum atomic E-state index is 12.1.